The minimum absolute atomic E-state index is 0.272. The molecule has 0 aromatic heterocycles. The number of nitrogens with two attached hydrogens (primary N) is 1. The van der Waals surface area contributed by atoms with Gasteiger partial charge in [0.15, 0.2) is 0 Å². The molecule has 0 aliphatic carbocycles. The Labute approximate surface area is 126 Å². The predicted molar refractivity (Wildman–Crippen MR) is 85.7 cm³/mol. The fraction of sp³-hybridized carbons (Fsp3) is 0.500. The van der Waals surface area contributed by atoms with Crippen LogP contribution >= 0.6 is 0 Å². The first-order chi connectivity index (χ1) is 9.40. The Balaban J connectivity index is 2.88. The van der Waals surface area contributed by atoms with Crippen LogP contribution in [-0.4, -0.2) is 26.6 Å². The van der Waals surface area contributed by atoms with Gasteiger partial charge in [0.2, 0.25) is 15.9 Å². The molecule has 21 heavy (non-hydrogen) atoms. The molecule has 1 aromatic carbocycles. The van der Waals surface area contributed by atoms with E-state index in [-0.39, 0.29) is 11.3 Å². The van der Waals surface area contributed by atoms with Gasteiger partial charge in [-0.25, -0.2) is 8.42 Å². The van der Waals surface area contributed by atoms with E-state index < -0.39 is 16.1 Å². The fourth-order valence-electron chi connectivity index (χ4n) is 1.67. The summed E-state index contributed by atoms with van der Waals surface area (Å²) in [5, 5.41) is 2.74. The lowest BCUT2D eigenvalue weighted by atomic mass is 9.87. The van der Waals surface area contributed by atoms with Crippen LogP contribution in [0, 0.1) is 12.3 Å². The lowest BCUT2D eigenvalue weighted by Crippen LogP contribution is -2.45. The Bertz CT molecular complexity index is 633. The molecule has 0 spiro atoms. The van der Waals surface area contributed by atoms with Crippen molar-refractivity contribution in [2.45, 2.75) is 33.7 Å². The van der Waals surface area contributed by atoms with Crippen LogP contribution < -0.4 is 15.8 Å². The molecule has 6 nitrogen and oxygen atoms in total. The second-order valence-electron chi connectivity index (χ2n) is 6.24. The zero-order chi connectivity index (χ0) is 16.4. The highest BCUT2D eigenvalue weighted by Crippen LogP contribution is 2.22. The molecule has 4 N–H and O–H groups in total. The highest BCUT2D eigenvalue weighted by atomic mass is 32.2. The molecule has 118 valence electrons. The van der Waals surface area contributed by atoms with Crippen LogP contribution in [0.3, 0.4) is 0 Å². The third kappa shape index (κ3) is 5.35. The first-order valence-electron chi connectivity index (χ1n) is 6.55. The van der Waals surface area contributed by atoms with Gasteiger partial charge in [0, 0.05) is 5.69 Å². The zero-order valence-electron chi connectivity index (χ0n) is 13.0. The molecule has 0 saturated heterocycles. The van der Waals surface area contributed by atoms with E-state index in [1.165, 1.54) is 0 Å². The summed E-state index contributed by atoms with van der Waals surface area (Å²) in [6.07, 6.45) is 1.09. The lowest BCUT2D eigenvalue weighted by molar-refractivity contribution is -0.119. The van der Waals surface area contributed by atoms with Crippen molar-refractivity contribution >= 4 is 27.3 Å². The third-order valence-electron chi connectivity index (χ3n) is 3.00. The number of carbonyl (C=O) groups is 1. The number of aryl methyl sites for hydroxylation is 1. The molecule has 0 bridgehead atoms. The number of rotatable bonds is 4. The van der Waals surface area contributed by atoms with Gasteiger partial charge in [-0.2, -0.15) is 0 Å². The first-order valence-corrected chi connectivity index (χ1v) is 8.44. The number of hydrogen-bond donors (Lipinski definition) is 3. The Kier molecular flexibility index (Phi) is 5.01. The predicted octanol–water partition coefficient (Wildman–Crippen LogP) is 1.68. The van der Waals surface area contributed by atoms with Crippen LogP contribution in [0.2, 0.25) is 0 Å². The maximum Gasteiger partial charge on any atom is 0.241 e. The summed E-state index contributed by atoms with van der Waals surface area (Å²) >= 11 is 0. The van der Waals surface area contributed by atoms with Crippen LogP contribution in [0.1, 0.15) is 26.3 Å². The third-order valence-corrected chi connectivity index (χ3v) is 3.60. The molecule has 1 aromatic rings. The van der Waals surface area contributed by atoms with Crippen LogP contribution in [0.4, 0.5) is 11.4 Å². The van der Waals surface area contributed by atoms with E-state index in [9.17, 15) is 13.2 Å². The molecule has 0 aliphatic rings. The van der Waals surface area contributed by atoms with Crippen LogP contribution in [-0.2, 0) is 14.8 Å². The molecular formula is C14H23N3O3S. The molecule has 0 heterocycles. The van der Waals surface area contributed by atoms with E-state index in [1.54, 1.807) is 25.1 Å². The maximum absolute atomic E-state index is 12.0. The molecule has 1 rings (SSSR count). The molecule has 7 heteroatoms. The van der Waals surface area contributed by atoms with Crippen molar-refractivity contribution in [3.05, 3.63) is 23.8 Å². The van der Waals surface area contributed by atoms with Gasteiger partial charge in [-0.1, -0.05) is 20.8 Å². The summed E-state index contributed by atoms with van der Waals surface area (Å²) in [6.45, 7) is 7.43. The van der Waals surface area contributed by atoms with Crippen LogP contribution in [0.5, 0.6) is 0 Å². The molecule has 0 saturated carbocycles. The quantitative estimate of drug-likeness (QED) is 0.787. The van der Waals surface area contributed by atoms with Gasteiger partial charge in [0.25, 0.3) is 0 Å². The normalized spacial score (nSPS) is 13.6. The van der Waals surface area contributed by atoms with E-state index in [0.29, 0.717) is 16.9 Å². The highest BCUT2D eigenvalue weighted by molar-refractivity contribution is 7.92. The average molecular weight is 313 g/mol. The molecule has 1 atom stereocenters. The molecular weight excluding hydrogens is 290 g/mol. The average Bonchev–Trinajstić information content (AvgIpc) is 2.29. The molecule has 0 fully saturated rings. The number of hydrogen-bond acceptors (Lipinski definition) is 4. The van der Waals surface area contributed by atoms with Crippen molar-refractivity contribution in [2.75, 3.05) is 16.3 Å². The van der Waals surface area contributed by atoms with Crippen LogP contribution in [0.25, 0.3) is 0 Å². The number of carbonyl (C=O) groups excluding carboxylic acids is 1. The van der Waals surface area contributed by atoms with E-state index in [2.05, 4.69) is 10.0 Å². The number of anilines is 2. The van der Waals surface area contributed by atoms with Gasteiger partial charge < -0.3 is 11.1 Å². The number of sulfonamides is 1. The maximum atomic E-state index is 12.0. The summed E-state index contributed by atoms with van der Waals surface area (Å²) in [4.78, 5) is 12.0. The number of nitrogens with one attached hydrogen (secondary N) is 2. The Morgan fingerprint density at radius 1 is 1.29 bits per heavy atom. The van der Waals surface area contributed by atoms with Gasteiger partial charge in [0.05, 0.1) is 18.0 Å². The Morgan fingerprint density at radius 3 is 2.29 bits per heavy atom. The highest BCUT2D eigenvalue weighted by Gasteiger charge is 2.27. The van der Waals surface area contributed by atoms with Gasteiger partial charge >= 0.3 is 0 Å². The van der Waals surface area contributed by atoms with Gasteiger partial charge in [-0.3, -0.25) is 9.52 Å². The SMILES string of the molecule is Cc1cc(NC(=O)[C@H](N)C(C)(C)C)ccc1NS(C)(=O)=O. The molecule has 1 amide bonds. The van der Waals surface area contributed by atoms with Crippen molar-refractivity contribution in [3.63, 3.8) is 0 Å². The monoisotopic (exact) mass is 313 g/mol. The number of benzene rings is 1. The van der Waals surface area contributed by atoms with Crippen molar-refractivity contribution in [1.29, 1.82) is 0 Å². The summed E-state index contributed by atoms with van der Waals surface area (Å²) in [5.74, 6) is -0.272. The topological polar surface area (TPSA) is 101 Å². The summed E-state index contributed by atoms with van der Waals surface area (Å²) < 4.78 is 24.8. The van der Waals surface area contributed by atoms with Gasteiger partial charge in [-0.05, 0) is 36.1 Å². The number of amides is 1. The minimum Gasteiger partial charge on any atom is -0.325 e. The van der Waals surface area contributed by atoms with E-state index in [4.69, 9.17) is 5.73 Å². The van der Waals surface area contributed by atoms with Gasteiger partial charge in [-0.15, -0.1) is 0 Å². The fourth-order valence-corrected chi connectivity index (χ4v) is 2.30. The molecule has 0 unspecified atom stereocenters. The Morgan fingerprint density at radius 2 is 1.86 bits per heavy atom. The molecule has 0 radical (unpaired) electrons. The van der Waals surface area contributed by atoms with E-state index in [0.717, 1.165) is 6.26 Å². The standard InChI is InChI=1S/C14H23N3O3S/c1-9-8-10(6-7-11(9)17-21(5,19)20)16-13(18)12(15)14(2,3)4/h6-8,12,17H,15H2,1-5H3,(H,16,18)/t12-/m0/s1. The lowest BCUT2D eigenvalue weighted by Gasteiger charge is -2.26. The van der Waals surface area contributed by atoms with Gasteiger partial charge in [0.1, 0.15) is 0 Å². The summed E-state index contributed by atoms with van der Waals surface area (Å²) in [6, 6.07) is 4.30. The van der Waals surface area contributed by atoms with Crippen LogP contribution in [0.15, 0.2) is 18.2 Å². The van der Waals surface area contributed by atoms with E-state index in [1.807, 2.05) is 20.8 Å². The van der Waals surface area contributed by atoms with Crippen molar-refractivity contribution in [3.8, 4) is 0 Å². The first kappa shape index (κ1) is 17.5. The van der Waals surface area contributed by atoms with Crippen molar-refractivity contribution < 1.29 is 13.2 Å². The second kappa shape index (κ2) is 6.03. The summed E-state index contributed by atoms with van der Waals surface area (Å²) in [7, 11) is -3.33. The second-order valence-corrected chi connectivity index (χ2v) is 7.99. The van der Waals surface area contributed by atoms with Crippen molar-refractivity contribution in [1.82, 2.24) is 0 Å². The smallest absolute Gasteiger partial charge is 0.241 e. The van der Waals surface area contributed by atoms with E-state index >= 15 is 0 Å². The Hall–Kier alpha value is -1.60. The summed E-state index contributed by atoms with van der Waals surface area (Å²) in [5.41, 5.74) is 7.33. The molecule has 0 aliphatic heterocycles. The van der Waals surface area contributed by atoms with Crippen molar-refractivity contribution in [2.24, 2.45) is 11.1 Å². The minimum atomic E-state index is -3.33. The largest absolute Gasteiger partial charge is 0.325 e. The zero-order valence-corrected chi connectivity index (χ0v) is 13.8.